The highest BCUT2D eigenvalue weighted by Gasteiger charge is 2.10. The van der Waals surface area contributed by atoms with Gasteiger partial charge in [0, 0.05) is 5.70 Å². The molecule has 2 atom stereocenters. The molecule has 0 aliphatic rings. The molecule has 4 nitrogen and oxygen atoms in total. The molecule has 0 aromatic heterocycles. The lowest BCUT2D eigenvalue weighted by atomic mass is 9.95. The van der Waals surface area contributed by atoms with Crippen molar-refractivity contribution in [2.24, 2.45) is 17.6 Å². The van der Waals surface area contributed by atoms with Gasteiger partial charge in [0.25, 0.3) is 0 Å². The van der Waals surface area contributed by atoms with E-state index < -0.39 is 0 Å². The van der Waals surface area contributed by atoms with Crippen LogP contribution < -0.4 is 5.73 Å². The third-order valence-corrected chi connectivity index (χ3v) is 2.42. The maximum Gasteiger partial charge on any atom is 0.149 e. The Kier molecular flexibility index (Phi) is 8.37. The van der Waals surface area contributed by atoms with E-state index in [4.69, 9.17) is 15.6 Å². The SMILES string of the molecule is CC/C(N)=C\[C@@H](C)[C@H](C)COCOCO. The third-order valence-electron chi connectivity index (χ3n) is 2.42. The van der Waals surface area contributed by atoms with E-state index in [1.807, 2.05) is 6.92 Å². The molecule has 0 unspecified atom stereocenters. The molecule has 0 aliphatic heterocycles. The molecule has 0 bridgehead atoms. The van der Waals surface area contributed by atoms with Crippen LogP contribution in [0.5, 0.6) is 0 Å². The smallest absolute Gasteiger partial charge is 0.149 e. The summed E-state index contributed by atoms with van der Waals surface area (Å²) >= 11 is 0. The van der Waals surface area contributed by atoms with Crippen LogP contribution in [0.15, 0.2) is 11.8 Å². The van der Waals surface area contributed by atoms with Crippen LogP contribution in [0.4, 0.5) is 0 Å². The summed E-state index contributed by atoms with van der Waals surface area (Å²) in [5.41, 5.74) is 6.67. The largest absolute Gasteiger partial charge is 0.402 e. The van der Waals surface area contributed by atoms with E-state index in [0.29, 0.717) is 18.4 Å². The average Bonchev–Trinajstić information content (AvgIpc) is 2.23. The molecular formula is C11H23NO3. The molecule has 0 fully saturated rings. The fourth-order valence-electron chi connectivity index (χ4n) is 1.10. The van der Waals surface area contributed by atoms with Crippen LogP contribution in [-0.2, 0) is 9.47 Å². The number of nitrogens with two attached hydrogens (primary N) is 1. The summed E-state index contributed by atoms with van der Waals surface area (Å²) in [5.74, 6) is 0.775. The van der Waals surface area contributed by atoms with Crippen LogP contribution >= 0.6 is 0 Å². The molecule has 0 saturated heterocycles. The second-order valence-corrected chi connectivity index (χ2v) is 3.75. The Balaban J connectivity index is 3.73. The van der Waals surface area contributed by atoms with Gasteiger partial charge in [0.1, 0.15) is 13.6 Å². The molecule has 15 heavy (non-hydrogen) atoms. The van der Waals surface area contributed by atoms with Crippen molar-refractivity contribution < 1.29 is 14.6 Å². The Morgan fingerprint density at radius 3 is 2.60 bits per heavy atom. The second-order valence-electron chi connectivity index (χ2n) is 3.75. The molecule has 0 aromatic rings. The van der Waals surface area contributed by atoms with E-state index in [-0.39, 0.29) is 13.6 Å². The average molecular weight is 217 g/mol. The lowest BCUT2D eigenvalue weighted by molar-refractivity contribution is -0.114. The number of aliphatic hydroxyl groups is 1. The van der Waals surface area contributed by atoms with Gasteiger partial charge in [-0.25, -0.2) is 0 Å². The van der Waals surface area contributed by atoms with Gasteiger partial charge in [0.2, 0.25) is 0 Å². The number of hydrogen-bond donors (Lipinski definition) is 2. The zero-order valence-corrected chi connectivity index (χ0v) is 9.90. The van der Waals surface area contributed by atoms with E-state index in [0.717, 1.165) is 12.1 Å². The second kappa shape index (κ2) is 8.71. The number of aliphatic hydroxyl groups excluding tert-OH is 1. The Morgan fingerprint density at radius 1 is 1.40 bits per heavy atom. The summed E-state index contributed by atoms with van der Waals surface area (Å²) < 4.78 is 9.88. The molecule has 0 aromatic carbocycles. The van der Waals surface area contributed by atoms with Crippen LogP contribution in [0.1, 0.15) is 27.2 Å². The van der Waals surface area contributed by atoms with Crippen molar-refractivity contribution in [2.45, 2.75) is 27.2 Å². The van der Waals surface area contributed by atoms with Gasteiger partial charge in [0.05, 0.1) is 6.61 Å². The van der Waals surface area contributed by atoms with Crippen LogP contribution in [0.3, 0.4) is 0 Å². The molecule has 0 saturated carbocycles. The molecular weight excluding hydrogens is 194 g/mol. The summed E-state index contributed by atoms with van der Waals surface area (Å²) in [6.45, 7) is 6.70. The summed E-state index contributed by atoms with van der Waals surface area (Å²) in [5, 5.41) is 8.36. The fraction of sp³-hybridized carbons (Fsp3) is 0.818. The fourth-order valence-corrected chi connectivity index (χ4v) is 1.10. The first-order valence-corrected chi connectivity index (χ1v) is 5.34. The summed E-state index contributed by atoms with van der Waals surface area (Å²) in [7, 11) is 0. The molecule has 0 rings (SSSR count). The molecule has 90 valence electrons. The maximum atomic E-state index is 8.36. The highest BCUT2D eigenvalue weighted by Crippen LogP contribution is 2.14. The van der Waals surface area contributed by atoms with Gasteiger partial charge in [0.15, 0.2) is 0 Å². The van der Waals surface area contributed by atoms with Gasteiger partial charge in [-0.05, 0) is 18.3 Å². The van der Waals surface area contributed by atoms with Gasteiger partial charge in [-0.15, -0.1) is 0 Å². The monoisotopic (exact) mass is 217 g/mol. The Bertz CT molecular complexity index is 183. The van der Waals surface area contributed by atoms with E-state index in [2.05, 4.69) is 24.7 Å². The number of hydrogen-bond acceptors (Lipinski definition) is 4. The maximum absolute atomic E-state index is 8.36. The molecule has 0 aliphatic carbocycles. The first-order valence-electron chi connectivity index (χ1n) is 5.34. The minimum absolute atomic E-state index is 0.139. The molecule has 0 spiro atoms. The minimum Gasteiger partial charge on any atom is -0.402 e. The van der Waals surface area contributed by atoms with Crippen molar-refractivity contribution in [1.29, 1.82) is 0 Å². The normalized spacial score (nSPS) is 16.4. The third kappa shape index (κ3) is 7.36. The number of ether oxygens (including phenoxy) is 2. The van der Waals surface area contributed by atoms with E-state index in [1.165, 1.54) is 0 Å². The van der Waals surface area contributed by atoms with Gasteiger partial charge in [-0.1, -0.05) is 26.8 Å². The first-order chi connectivity index (χ1) is 7.11. The van der Waals surface area contributed by atoms with Crippen molar-refractivity contribution in [3.8, 4) is 0 Å². The van der Waals surface area contributed by atoms with E-state index >= 15 is 0 Å². The Labute approximate surface area is 92.1 Å². The summed E-state index contributed by atoms with van der Waals surface area (Å²) in [6.07, 6.45) is 2.95. The van der Waals surface area contributed by atoms with Crippen molar-refractivity contribution in [3.63, 3.8) is 0 Å². The molecule has 3 N–H and O–H groups in total. The number of rotatable bonds is 8. The standard InChI is InChI=1S/C11H23NO3/c1-4-11(12)5-9(2)10(3)6-14-8-15-7-13/h5,9-10,13H,4,6-8,12H2,1-3H3/b11-5+/t9-,10-/m1/s1. The van der Waals surface area contributed by atoms with Gasteiger partial charge in [-0.3, -0.25) is 0 Å². The van der Waals surface area contributed by atoms with E-state index in [9.17, 15) is 0 Å². The van der Waals surface area contributed by atoms with Crippen molar-refractivity contribution in [2.75, 3.05) is 20.2 Å². The Hall–Kier alpha value is -0.580. The zero-order valence-electron chi connectivity index (χ0n) is 9.90. The van der Waals surface area contributed by atoms with Crippen molar-refractivity contribution in [3.05, 3.63) is 11.8 Å². The summed E-state index contributed by atoms with van der Waals surface area (Å²) in [4.78, 5) is 0. The van der Waals surface area contributed by atoms with Gasteiger partial charge < -0.3 is 20.3 Å². The van der Waals surface area contributed by atoms with Crippen LogP contribution in [0.2, 0.25) is 0 Å². The molecule has 0 radical (unpaired) electrons. The predicted molar refractivity (Wildman–Crippen MR) is 59.9 cm³/mol. The van der Waals surface area contributed by atoms with Gasteiger partial charge in [-0.2, -0.15) is 0 Å². The molecule has 0 amide bonds. The minimum atomic E-state index is -0.299. The van der Waals surface area contributed by atoms with Crippen LogP contribution in [0, 0.1) is 11.8 Å². The van der Waals surface area contributed by atoms with Gasteiger partial charge >= 0.3 is 0 Å². The highest BCUT2D eigenvalue weighted by atomic mass is 16.7. The lowest BCUT2D eigenvalue weighted by Crippen LogP contribution is -2.16. The number of allylic oxidation sites excluding steroid dienone is 2. The quantitative estimate of drug-likeness (QED) is 0.477. The topological polar surface area (TPSA) is 64.7 Å². The first kappa shape index (κ1) is 14.4. The summed E-state index contributed by atoms with van der Waals surface area (Å²) in [6, 6.07) is 0. The predicted octanol–water partition coefficient (Wildman–Crippen LogP) is 1.45. The Morgan fingerprint density at radius 2 is 2.07 bits per heavy atom. The molecule has 4 heteroatoms. The van der Waals surface area contributed by atoms with Crippen LogP contribution in [0.25, 0.3) is 0 Å². The van der Waals surface area contributed by atoms with Crippen molar-refractivity contribution in [1.82, 2.24) is 0 Å². The molecule has 0 heterocycles. The lowest BCUT2D eigenvalue weighted by Gasteiger charge is -2.17. The van der Waals surface area contributed by atoms with E-state index in [1.54, 1.807) is 0 Å². The zero-order chi connectivity index (χ0) is 11.7. The highest BCUT2D eigenvalue weighted by molar-refractivity contribution is 4.98. The van der Waals surface area contributed by atoms with Crippen molar-refractivity contribution >= 4 is 0 Å². The van der Waals surface area contributed by atoms with Crippen LogP contribution in [-0.4, -0.2) is 25.3 Å².